The zero-order valence-corrected chi connectivity index (χ0v) is 15.1. The van der Waals surface area contributed by atoms with Crippen LogP contribution < -0.4 is 5.32 Å². The number of benzene rings is 1. The van der Waals surface area contributed by atoms with Crippen molar-refractivity contribution in [3.05, 3.63) is 45.2 Å². The highest BCUT2D eigenvalue weighted by Crippen LogP contribution is 2.48. The zero-order chi connectivity index (χ0) is 16.9. The molecule has 1 heterocycles. The van der Waals surface area contributed by atoms with Crippen LogP contribution in [0.2, 0.25) is 10.3 Å². The summed E-state index contributed by atoms with van der Waals surface area (Å²) < 4.78 is 1.39. The Hall–Kier alpha value is -1.52. The maximum absolute atomic E-state index is 12.6. The lowest BCUT2D eigenvalue weighted by molar-refractivity contribution is 0.102. The number of fused-ring (bicyclic) bond motifs is 1. The molecule has 1 N–H and O–H groups in total. The van der Waals surface area contributed by atoms with Gasteiger partial charge in [0.05, 0.1) is 0 Å². The van der Waals surface area contributed by atoms with Gasteiger partial charge >= 0.3 is 0 Å². The monoisotopic (exact) mass is 351 g/mol. The Labute approximate surface area is 145 Å². The van der Waals surface area contributed by atoms with Crippen LogP contribution in [0.5, 0.6) is 0 Å². The fourth-order valence-corrected chi connectivity index (χ4v) is 4.17. The van der Waals surface area contributed by atoms with Gasteiger partial charge in [0.15, 0.2) is 5.15 Å². The second-order valence-electron chi connectivity index (χ2n) is 6.79. The number of rotatable bonds is 2. The molecule has 0 bridgehead atoms. The summed E-state index contributed by atoms with van der Waals surface area (Å²) in [4.78, 5) is 12.6. The van der Waals surface area contributed by atoms with Gasteiger partial charge in [-0.2, -0.15) is 5.10 Å². The molecule has 3 rings (SSSR count). The molecule has 1 atom stereocenters. The summed E-state index contributed by atoms with van der Waals surface area (Å²) in [5, 5.41) is 7.27. The molecule has 0 saturated carbocycles. The number of nitrogens with one attached hydrogen (secondary N) is 1. The van der Waals surface area contributed by atoms with Gasteiger partial charge in [0.2, 0.25) is 0 Å². The zero-order valence-electron chi connectivity index (χ0n) is 13.6. The highest BCUT2D eigenvalue weighted by molar-refractivity contribution is 6.39. The molecule has 0 aliphatic heterocycles. The molecule has 0 fully saturated rings. The van der Waals surface area contributed by atoms with E-state index in [1.807, 2.05) is 12.1 Å². The Morgan fingerprint density at radius 3 is 2.70 bits per heavy atom. The van der Waals surface area contributed by atoms with Gasteiger partial charge in [-0.15, -0.1) is 0 Å². The number of hydrogen-bond acceptors (Lipinski definition) is 2. The van der Waals surface area contributed by atoms with Gasteiger partial charge in [-0.3, -0.25) is 9.48 Å². The predicted octanol–water partition coefficient (Wildman–Crippen LogP) is 4.76. The first-order valence-electron chi connectivity index (χ1n) is 7.55. The van der Waals surface area contributed by atoms with Gasteiger partial charge in [0.25, 0.3) is 5.91 Å². The van der Waals surface area contributed by atoms with Crippen molar-refractivity contribution in [2.45, 2.75) is 38.5 Å². The highest BCUT2D eigenvalue weighted by Gasteiger charge is 2.36. The van der Waals surface area contributed by atoms with E-state index >= 15 is 0 Å². The molecule has 1 unspecified atom stereocenters. The molecule has 23 heavy (non-hydrogen) atoms. The van der Waals surface area contributed by atoms with E-state index in [1.54, 1.807) is 7.05 Å². The number of halogens is 2. The molecule has 1 aromatic carbocycles. The molecule has 4 nitrogen and oxygen atoms in total. The van der Waals surface area contributed by atoms with Crippen molar-refractivity contribution < 1.29 is 4.79 Å². The molecule has 6 heteroatoms. The van der Waals surface area contributed by atoms with Gasteiger partial charge < -0.3 is 5.32 Å². The second-order valence-corrected chi connectivity index (χ2v) is 7.51. The van der Waals surface area contributed by atoms with E-state index < -0.39 is 0 Å². The van der Waals surface area contributed by atoms with Crippen molar-refractivity contribution in [3.8, 4) is 0 Å². The lowest BCUT2D eigenvalue weighted by Crippen LogP contribution is -2.15. The van der Waals surface area contributed by atoms with Crippen LogP contribution in [0, 0.1) is 0 Å². The van der Waals surface area contributed by atoms with Crippen LogP contribution in [0.1, 0.15) is 54.6 Å². The quantitative estimate of drug-likeness (QED) is 0.847. The van der Waals surface area contributed by atoms with Crippen LogP contribution in [0.4, 0.5) is 5.69 Å². The van der Waals surface area contributed by atoms with Crippen molar-refractivity contribution in [1.82, 2.24) is 9.78 Å². The van der Waals surface area contributed by atoms with E-state index in [-0.39, 0.29) is 27.2 Å². The number of carbonyl (C=O) groups is 1. The summed E-state index contributed by atoms with van der Waals surface area (Å²) in [6.45, 7) is 6.65. The Morgan fingerprint density at radius 2 is 2.09 bits per heavy atom. The molecule has 0 radical (unpaired) electrons. The highest BCUT2D eigenvalue weighted by atomic mass is 35.5. The lowest BCUT2D eigenvalue weighted by atomic mass is 9.86. The molecule has 2 aromatic rings. The molecule has 1 aliphatic rings. The van der Waals surface area contributed by atoms with Crippen molar-refractivity contribution in [2.75, 3.05) is 5.32 Å². The van der Waals surface area contributed by atoms with Gasteiger partial charge in [-0.25, -0.2) is 0 Å². The fourth-order valence-electron chi connectivity index (χ4n) is 3.62. The first-order valence-corrected chi connectivity index (χ1v) is 8.30. The Kier molecular flexibility index (Phi) is 3.93. The lowest BCUT2D eigenvalue weighted by Gasteiger charge is -2.19. The number of hydrogen-bond donors (Lipinski definition) is 1. The molecule has 1 aromatic heterocycles. The standard InChI is InChI=1S/C17H19Cl2N3O/c1-9-8-17(2,3)10-6-5-7-11(12(9)10)20-16(23)13-14(18)21-22(4)15(13)19/h5-7,9H,8H2,1-4H3,(H,20,23). The summed E-state index contributed by atoms with van der Waals surface area (Å²) in [5.74, 6) is 0.0507. The van der Waals surface area contributed by atoms with Crippen LogP contribution in [0.3, 0.4) is 0 Å². The Bertz CT molecular complexity index is 795. The van der Waals surface area contributed by atoms with E-state index in [9.17, 15) is 4.79 Å². The molecule has 1 aliphatic carbocycles. The van der Waals surface area contributed by atoms with Gasteiger partial charge in [-0.05, 0) is 34.9 Å². The minimum absolute atomic E-state index is 0.107. The topological polar surface area (TPSA) is 46.9 Å². The van der Waals surface area contributed by atoms with Gasteiger partial charge in [-0.1, -0.05) is 56.1 Å². The fraction of sp³-hybridized carbons (Fsp3) is 0.412. The molecular formula is C17H19Cl2N3O. The minimum Gasteiger partial charge on any atom is -0.322 e. The SMILES string of the molecule is CC1CC(C)(C)c2cccc(NC(=O)c3c(Cl)nn(C)c3Cl)c21. The number of amides is 1. The normalized spacial score (nSPS) is 18.8. The predicted molar refractivity (Wildman–Crippen MR) is 93.7 cm³/mol. The van der Waals surface area contributed by atoms with Crippen LogP contribution in [-0.2, 0) is 12.5 Å². The third-order valence-corrected chi connectivity index (χ3v) is 5.25. The molecule has 0 saturated heterocycles. The van der Waals surface area contributed by atoms with Crippen molar-refractivity contribution in [2.24, 2.45) is 7.05 Å². The number of carbonyl (C=O) groups excluding carboxylic acids is 1. The second kappa shape index (κ2) is 5.53. The summed E-state index contributed by atoms with van der Waals surface area (Å²) in [5.41, 5.74) is 3.62. The van der Waals surface area contributed by atoms with Crippen LogP contribution in [-0.4, -0.2) is 15.7 Å². The Morgan fingerprint density at radius 1 is 1.39 bits per heavy atom. The van der Waals surface area contributed by atoms with Crippen LogP contribution in [0.15, 0.2) is 18.2 Å². The van der Waals surface area contributed by atoms with Gasteiger partial charge in [0, 0.05) is 12.7 Å². The largest absolute Gasteiger partial charge is 0.322 e. The summed E-state index contributed by atoms with van der Waals surface area (Å²) in [6.07, 6.45) is 1.06. The van der Waals surface area contributed by atoms with Crippen molar-refractivity contribution in [3.63, 3.8) is 0 Å². The average molecular weight is 352 g/mol. The number of aromatic nitrogens is 2. The van der Waals surface area contributed by atoms with Crippen molar-refractivity contribution >= 4 is 34.8 Å². The van der Waals surface area contributed by atoms with Crippen LogP contribution in [0.25, 0.3) is 0 Å². The third kappa shape index (κ3) is 2.64. The smallest absolute Gasteiger partial charge is 0.262 e. The number of anilines is 1. The minimum atomic E-state index is -0.335. The van der Waals surface area contributed by atoms with Gasteiger partial charge in [0.1, 0.15) is 10.7 Å². The number of nitrogens with zero attached hydrogens (tertiary/aromatic N) is 2. The molecule has 122 valence electrons. The maximum atomic E-state index is 12.6. The average Bonchev–Trinajstić information content (AvgIpc) is 2.84. The Balaban J connectivity index is 1.99. The van der Waals surface area contributed by atoms with E-state index in [0.29, 0.717) is 5.92 Å². The first kappa shape index (κ1) is 16.3. The summed E-state index contributed by atoms with van der Waals surface area (Å²) in [7, 11) is 1.65. The first-order chi connectivity index (χ1) is 10.7. The van der Waals surface area contributed by atoms with E-state index in [0.717, 1.165) is 12.1 Å². The van der Waals surface area contributed by atoms with Crippen molar-refractivity contribution in [1.29, 1.82) is 0 Å². The van der Waals surface area contributed by atoms with E-state index in [1.165, 1.54) is 15.8 Å². The maximum Gasteiger partial charge on any atom is 0.262 e. The summed E-state index contributed by atoms with van der Waals surface area (Å²) >= 11 is 12.1. The molecule has 0 spiro atoms. The van der Waals surface area contributed by atoms with E-state index in [4.69, 9.17) is 23.2 Å². The number of aryl methyl sites for hydroxylation is 1. The summed E-state index contributed by atoms with van der Waals surface area (Å²) in [6, 6.07) is 6.03. The third-order valence-electron chi connectivity index (χ3n) is 4.55. The van der Waals surface area contributed by atoms with Crippen LogP contribution >= 0.6 is 23.2 Å². The molecular weight excluding hydrogens is 333 g/mol. The molecule has 1 amide bonds. The van der Waals surface area contributed by atoms with E-state index in [2.05, 4.69) is 37.3 Å².